The lowest BCUT2D eigenvalue weighted by Gasteiger charge is -2.35. The largest absolute Gasteiger partial charge is 0.492 e. The summed E-state index contributed by atoms with van der Waals surface area (Å²) in [6.07, 6.45) is 4.32. The van der Waals surface area contributed by atoms with E-state index in [0.717, 1.165) is 46.8 Å². The van der Waals surface area contributed by atoms with Crippen LogP contribution in [0.15, 0.2) is 72.8 Å². The lowest BCUT2D eigenvalue weighted by atomic mass is 9.92. The van der Waals surface area contributed by atoms with Crippen LogP contribution < -0.4 is 14.2 Å². The van der Waals surface area contributed by atoms with Gasteiger partial charge in [-0.05, 0) is 73.6 Å². The van der Waals surface area contributed by atoms with Crippen LogP contribution >= 0.6 is 0 Å². The third kappa shape index (κ3) is 4.73. The molecule has 0 saturated heterocycles. The first kappa shape index (κ1) is 24.1. The predicted octanol–water partition coefficient (Wildman–Crippen LogP) is 5.02. The molecule has 4 aromatic rings. The maximum Gasteiger partial charge on any atom is 0.247 e. The van der Waals surface area contributed by atoms with Gasteiger partial charge in [-0.1, -0.05) is 36.4 Å². The molecule has 0 radical (unpaired) electrons. The van der Waals surface area contributed by atoms with Crippen LogP contribution in [0.4, 0.5) is 0 Å². The Labute approximate surface area is 222 Å². The van der Waals surface area contributed by atoms with Crippen molar-refractivity contribution >= 4 is 22.9 Å². The second-order valence-electron chi connectivity index (χ2n) is 9.91. The van der Waals surface area contributed by atoms with Crippen molar-refractivity contribution in [1.29, 1.82) is 0 Å². The summed E-state index contributed by atoms with van der Waals surface area (Å²) in [7, 11) is 4.04. The first-order chi connectivity index (χ1) is 18.6. The normalized spacial score (nSPS) is 16.4. The standard InChI is InChI=1S/C31H31N3O4/c1-33(2)17-18-36-23-11-7-21(8-12-23)9-14-29(35)34-16-15-25-24-5-3-4-6-26(24)32-30(25)31(34)22-10-13-27-28(19-22)38-20-37-27/h3-14,19,31-32H,15-18,20H2,1-2H3/b14-9+. The first-order valence-corrected chi connectivity index (χ1v) is 12.9. The summed E-state index contributed by atoms with van der Waals surface area (Å²) in [5.74, 6) is 2.22. The summed E-state index contributed by atoms with van der Waals surface area (Å²) < 4.78 is 17.0. The summed E-state index contributed by atoms with van der Waals surface area (Å²) in [6.45, 7) is 2.32. The van der Waals surface area contributed by atoms with Crippen molar-refractivity contribution in [3.63, 3.8) is 0 Å². The van der Waals surface area contributed by atoms with Gasteiger partial charge in [0.15, 0.2) is 11.5 Å². The maximum absolute atomic E-state index is 13.6. The van der Waals surface area contributed by atoms with Gasteiger partial charge < -0.3 is 29.0 Å². The van der Waals surface area contributed by atoms with E-state index in [1.165, 1.54) is 10.9 Å². The average Bonchev–Trinajstić information content (AvgIpc) is 3.55. The van der Waals surface area contributed by atoms with Gasteiger partial charge in [0, 0.05) is 35.8 Å². The zero-order valence-electron chi connectivity index (χ0n) is 21.6. The number of carbonyl (C=O) groups is 1. The van der Waals surface area contributed by atoms with Gasteiger partial charge in [0.2, 0.25) is 12.7 Å². The smallest absolute Gasteiger partial charge is 0.247 e. The van der Waals surface area contributed by atoms with Crippen molar-refractivity contribution in [3.05, 3.63) is 95.2 Å². The molecular weight excluding hydrogens is 478 g/mol. The van der Waals surface area contributed by atoms with E-state index in [1.54, 1.807) is 6.08 Å². The second-order valence-corrected chi connectivity index (χ2v) is 9.91. The molecular formula is C31H31N3O4. The van der Waals surface area contributed by atoms with Crippen LogP contribution in [0.5, 0.6) is 17.2 Å². The first-order valence-electron chi connectivity index (χ1n) is 12.9. The highest BCUT2D eigenvalue weighted by Crippen LogP contribution is 2.42. The lowest BCUT2D eigenvalue weighted by molar-refractivity contribution is -0.128. The van der Waals surface area contributed by atoms with Gasteiger partial charge in [-0.2, -0.15) is 0 Å². The predicted molar refractivity (Wildman–Crippen MR) is 148 cm³/mol. The maximum atomic E-state index is 13.6. The van der Waals surface area contributed by atoms with E-state index in [0.29, 0.717) is 18.9 Å². The summed E-state index contributed by atoms with van der Waals surface area (Å²) in [6, 6.07) is 21.8. The number of ether oxygens (including phenoxy) is 3. The molecule has 3 heterocycles. The molecule has 2 aliphatic rings. The zero-order chi connectivity index (χ0) is 26.1. The number of aromatic amines is 1. The molecule has 2 aliphatic heterocycles. The Balaban J connectivity index is 1.27. The van der Waals surface area contributed by atoms with Crippen molar-refractivity contribution in [2.75, 3.05) is 40.6 Å². The van der Waals surface area contributed by atoms with Crippen LogP contribution in [-0.2, 0) is 11.2 Å². The third-order valence-corrected chi connectivity index (χ3v) is 7.14. The number of H-pyrrole nitrogens is 1. The molecule has 0 saturated carbocycles. The molecule has 0 spiro atoms. The molecule has 7 heteroatoms. The summed E-state index contributed by atoms with van der Waals surface area (Å²) in [5.41, 5.74) is 5.34. The van der Waals surface area contributed by atoms with Crippen LogP contribution in [0.1, 0.15) is 28.4 Å². The van der Waals surface area contributed by atoms with Gasteiger partial charge in [-0.15, -0.1) is 0 Å². The molecule has 194 valence electrons. The fourth-order valence-corrected chi connectivity index (χ4v) is 5.19. The monoisotopic (exact) mass is 509 g/mol. The van der Waals surface area contributed by atoms with Crippen molar-refractivity contribution in [3.8, 4) is 17.2 Å². The van der Waals surface area contributed by atoms with Crippen molar-refractivity contribution in [2.24, 2.45) is 0 Å². The van der Waals surface area contributed by atoms with Crippen molar-refractivity contribution in [2.45, 2.75) is 12.5 Å². The molecule has 0 bridgehead atoms. The van der Waals surface area contributed by atoms with Gasteiger partial charge in [0.1, 0.15) is 12.4 Å². The molecule has 1 atom stereocenters. The molecule has 1 amide bonds. The number of amides is 1. The highest BCUT2D eigenvalue weighted by atomic mass is 16.7. The summed E-state index contributed by atoms with van der Waals surface area (Å²) >= 11 is 0. The Hall–Kier alpha value is -4.23. The number of hydrogen-bond donors (Lipinski definition) is 1. The van der Waals surface area contributed by atoms with Crippen LogP contribution in [0.25, 0.3) is 17.0 Å². The quantitative estimate of drug-likeness (QED) is 0.354. The van der Waals surface area contributed by atoms with E-state index in [9.17, 15) is 4.79 Å². The minimum Gasteiger partial charge on any atom is -0.492 e. The highest BCUT2D eigenvalue weighted by molar-refractivity contribution is 5.93. The number of likely N-dealkylation sites (N-methyl/N-ethyl adjacent to an activating group) is 1. The summed E-state index contributed by atoms with van der Waals surface area (Å²) in [4.78, 5) is 21.3. The van der Waals surface area contributed by atoms with E-state index in [4.69, 9.17) is 14.2 Å². The fourth-order valence-electron chi connectivity index (χ4n) is 5.19. The fraction of sp³-hybridized carbons (Fsp3) is 0.258. The average molecular weight is 510 g/mol. The van der Waals surface area contributed by atoms with Gasteiger partial charge in [-0.3, -0.25) is 4.79 Å². The van der Waals surface area contributed by atoms with E-state index in [-0.39, 0.29) is 18.7 Å². The number of fused-ring (bicyclic) bond motifs is 4. The molecule has 1 N–H and O–H groups in total. The number of nitrogens with zero attached hydrogens (tertiary/aromatic N) is 2. The number of carbonyl (C=O) groups excluding carboxylic acids is 1. The highest BCUT2D eigenvalue weighted by Gasteiger charge is 2.34. The Morgan fingerprint density at radius 1 is 1.08 bits per heavy atom. The molecule has 0 fully saturated rings. The summed E-state index contributed by atoms with van der Waals surface area (Å²) in [5, 5.41) is 1.21. The van der Waals surface area contributed by atoms with E-state index in [2.05, 4.69) is 28.1 Å². The van der Waals surface area contributed by atoms with Gasteiger partial charge in [0.05, 0.1) is 6.04 Å². The van der Waals surface area contributed by atoms with Crippen LogP contribution in [0.3, 0.4) is 0 Å². The molecule has 7 nitrogen and oxygen atoms in total. The topological polar surface area (TPSA) is 67.0 Å². The van der Waals surface area contributed by atoms with E-state index in [1.807, 2.05) is 73.6 Å². The minimum atomic E-state index is -0.259. The van der Waals surface area contributed by atoms with Crippen LogP contribution in [0, 0.1) is 0 Å². The number of benzene rings is 3. The number of hydrogen-bond acceptors (Lipinski definition) is 5. The third-order valence-electron chi connectivity index (χ3n) is 7.14. The zero-order valence-corrected chi connectivity index (χ0v) is 21.6. The lowest BCUT2D eigenvalue weighted by Crippen LogP contribution is -2.39. The van der Waals surface area contributed by atoms with Gasteiger partial charge in [-0.25, -0.2) is 0 Å². The Bertz CT molecular complexity index is 1490. The number of aromatic nitrogens is 1. The Morgan fingerprint density at radius 2 is 1.89 bits per heavy atom. The molecule has 1 unspecified atom stereocenters. The molecule has 6 rings (SSSR count). The number of para-hydroxylation sites is 1. The Kier molecular flexibility index (Phi) is 6.52. The minimum absolute atomic E-state index is 0.0386. The van der Waals surface area contributed by atoms with E-state index >= 15 is 0 Å². The van der Waals surface area contributed by atoms with E-state index < -0.39 is 0 Å². The number of rotatable bonds is 7. The molecule has 38 heavy (non-hydrogen) atoms. The van der Waals surface area contributed by atoms with Crippen molar-refractivity contribution in [1.82, 2.24) is 14.8 Å². The molecule has 3 aromatic carbocycles. The molecule has 1 aromatic heterocycles. The molecule has 0 aliphatic carbocycles. The van der Waals surface area contributed by atoms with Gasteiger partial charge in [0.25, 0.3) is 0 Å². The Morgan fingerprint density at radius 3 is 2.74 bits per heavy atom. The van der Waals surface area contributed by atoms with Crippen LogP contribution in [0.2, 0.25) is 0 Å². The SMILES string of the molecule is CN(C)CCOc1ccc(/C=C/C(=O)N2CCc3c([nH]c4ccccc34)C2c2ccc3c(c2)OCO3)cc1. The van der Waals surface area contributed by atoms with Crippen LogP contribution in [-0.4, -0.2) is 61.3 Å². The number of nitrogens with one attached hydrogen (secondary N) is 1. The van der Waals surface area contributed by atoms with Gasteiger partial charge >= 0.3 is 0 Å². The second kappa shape index (κ2) is 10.3. The van der Waals surface area contributed by atoms with Crippen molar-refractivity contribution < 1.29 is 19.0 Å².